The molecule has 0 aliphatic heterocycles. The standard InChI is InChI=1S/C16H20F3N5/c1-10-9-13(22-12-6-5-11(17)14(18)15(12)19)23-16(21-10)20-7-4-8-24(2)3/h5-6,9H,4,7-8H2,1-3H3,(H2,20,21,22,23). The van der Waals surface area contributed by atoms with Gasteiger partial charge in [-0.3, -0.25) is 0 Å². The van der Waals surface area contributed by atoms with Crippen LogP contribution in [0.4, 0.5) is 30.6 Å². The highest BCUT2D eigenvalue weighted by Crippen LogP contribution is 2.23. The Hall–Kier alpha value is -2.35. The Kier molecular flexibility index (Phi) is 5.97. The smallest absolute Gasteiger partial charge is 0.224 e. The van der Waals surface area contributed by atoms with E-state index >= 15 is 0 Å². The summed E-state index contributed by atoms with van der Waals surface area (Å²) in [4.78, 5) is 10.5. The second kappa shape index (κ2) is 7.96. The molecule has 5 nitrogen and oxygen atoms in total. The van der Waals surface area contributed by atoms with Crippen LogP contribution in [0.5, 0.6) is 0 Å². The molecule has 0 saturated heterocycles. The fraction of sp³-hybridized carbons (Fsp3) is 0.375. The number of nitrogens with one attached hydrogen (secondary N) is 2. The van der Waals surface area contributed by atoms with E-state index in [1.165, 1.54) is 0 Å². The molecule has 2 rings (SSSR count). The number of halogens is 3. The average Bonchev–Trinajstić information content (AvgIpc) is 2.51. The van der Waals surface area contributed by atoms with Crippen LogP contribution in [-0.4, -0.2) is 42.1 Å². The van der Waals surface area contributed by atoms with Gasteiger partial charge in [0.05, 0.1) is 5.69 Å². The van der Waals surface area contributed by atoms with Gasteiger partial charge in [0.1, 0.15) is 5.82 Å². The van der Waals surface area contributed by atoms with Crippen molar-refractivity contribution in [1.82, 2.24) is 14.9 Å². The van der Waals surface area contributed by atoms with Gasteiger partial charge in [-0.2, -0.15) is 4.98 Å². The maximum atomic E-state index is 13.7. The van der Waals surface area contributed by atoms with E-state index in [1.54, 1.807) is 13.0 Å². The first kappa shape index (κ1) is 18.0. The number of hydrogen-bond acceptors (Lipinski definition) is 5. The second-order valence-electron chi connectivity index (χ2n) is 5.65. The van der Waals surface area contributed by atoms with Gasteiger partial charge in [-0.1, -0.05) is 0 Å². The van der Waals surface area contributed by atoms with Gasteiger partial charge in [0.15, 0.2) is 17.5 Å². The fourth-order valence-electron chi connectivity index (χ4n) is 2.07. The molecule has 0 unspecified atom stereocenters. The molecule has 0 spiro atoms. The SMILES string of the molecule is Cc1cc(Nc2ccc(F)c(F)c2F)nc(NCCCN(C)C)n1. The van der Waals surface area contributed by atoms with Crippen molar-refractivity contribution < 1.29 is 13.2 Å². The predicted octanol–water partition coefficient (Wildman–Crippen LogP) is 3.31. The van der Waals surface area contributed by atoms with Crippen LogP contribution in [-0.2, 0) is 0 Å². The Morgan fingerprint density at radius 3 is 2.54 bits per heavy atom. The van der Waals surface area contributed by atoms with E-state index in [2.05, 4.69) is 25.5 Å². The quantitative estimate of drug-likeness (QED) is 0.599. The van der Waals surface area contributed by atoms with Crippen LogP contribution in [0.2, 0.25) is 0 Å². The van der Waals surface area contributed by atoms with Gasteiger partial charge >= 0.3 is 0 Å². The molecule has 0 saturated carbocycles. The molecule has 0 fully saturated rings. The lowest BCUT2D eigenvalue weighted by Gasteiger charge is -2.12. The predicted molar refractivity (Wildman–Crippen MR) is 88.0 cm³/mol. The molecule has 0 aliphatic rings. The van der Waals surface area contributed by atoms with E-state index in [0.717, 1.165) is 25.1 Å². The van der Waals surface area contributed by atoms with E-state index in [4.69, 9.17) is 0 Å². The summed E-state index contributed by atoms with van der Waals surface area (Å²) in [7, 11) is 3.98. The van der Waals surface area contributed by atoms with Crippen LogP contribution in [0, 0.1) is 24.4 Å². The third-order valence-corrected chi connectivity index (χ3v) is 3.22. The summed E-state index contributed by atoms with van der Waals surface area (Å²) >= 11 is 0. The van der Waals surface area contributed by atoms with E-state index in [-0.39, 0.29) is 5.69 Å². The number of hydrogen-bond donors (Lipinski definition) is 2. The topological polar surface area (TPSA) is 53.1 Å². The number of aryl methyl sites for hydroxylation is 1. The van der Waals surface area contributed by atoms with Gasteiger partial charge < -0.3 is 15.5 Å². The molecule has 1 aromatic carbocycles. The van der Waals surface area contributed by atoms with Crippen molar-refractivity contribution in [1.29, 1.82) is 0 Å². The number of benzene rings is 1. The van der Waals surface area contributed by atoms with Crippen LogP contribution in [0.15, 0.2) is 18.2 Å². The summed E-state index contributed by atoms with van der Waals surface area (Å²) in [5.74, 6) is -3.36. The average molecular weight is 339 g/mol. The largest absolute Gasteiger partial charge is 0.354 e. The minimum atomic E-state index is -1.52. The number of nitrogens with zero attached hydrogens (tertiary/aromatic N) is 3. The molecular formula is C16H20F3N5. The molecule has 0 amide bonds. The van der Waals surface area contributed by atoms with E-state index in [9.17, 15) is 13.2 Å². The van der Waals surface area contributed by atoms with Crippen molar-refractivity contribution in [3.05, 3.63) is 41.3 Å². The summed E-state index contributed by atoms with van der Waals surface area (Å²) < 4.78 is 40.0. The zero-order chi connectivity index (χ0) is 17.7. The highest BCUT2D eigenvalue weighted by molar-refractivity contribution is 5.58. The first-order chi connectivity index (χ1) is 11.4. The van der Waals surface area contributed by atoms with Crippen molar-refractivity contribution in [3.8, 4) is 0 Å². The minimum absolute atomic E-state index is 0.189. The minimum Gasteiger partial charge on any atom is -0.354 e. The molecule has 0 radical (unpaired) electrons. The van der Waals surface area contributed by atoms with Crippen LogP contribution in [0.1, 0.15) is 12.1 Å². The lowest BCUT2D eigenvalue weighted by Crippen LogP contribution is -2.17. The Morgan fingerprint density at radius 2 is 1.83 bits per heavy atom. The Bertz CT molecular complexity index is 706. The third kappa shape index (κ3) is 4.82. The van der Waals surface area contributed by atoms with Crippen molar-refractivity contribution in [2.45, 2.75) is 13.3 Å². The molecule has 0 atom stereocenters. The van der Waals surface area contributed by atoms with Gasteiger partial charge in [-0.15, -0.1) is 0 Å². The third-order valence-electron chi connectivity index (χ3n) is 3.22. The second-order valence-corrected chi connectivity index (χ2v) is 5.65. The summed E-state index contributed by atoms with van der Waals surface area (Å²) in [6, 6.07) is 3.57. The zero-order valence-corrected chi connectivity index (χ0v) is 13.8. The highest BCUT2D eigenvalue weighted by atomic mass is 19.2. The maximum absolute atomic E-state index is 13.7. The van der Waals surface area contributed by atoms with Gasteiger partial charge in [0.2, 0.25) is 5.95 Å². The van der Waals surface area contributed by atoms with E-state index < -0.39 is 17.5 Å². The Morgan fingerprint density at radius 1 is 1.08 bits per heavy atom. The molecular weight excluding hydrogens is 319 g/mol. The Balaban J connectivity index is 2.10. The van der Waals surface area contributed by atoms with Crippen molar-refractivity contribution in [2.24, 2.45) is 0 Å². The van der Waals surface area contributed by atoms with Crippen molar-refractivity contribution in [2.75, 3.05) is 37.8 Å². The molecule has 1 aromatic heterocycles. The lowest BCUT2D eigenvalue weighted by molar-refractivity contribution is 0.405. The molecule has 1 heterocycles. The van der Waals surface area contributed by atoms with Crippen molar-refractivity contribution >= 4 is 17.5 Å². The summed E-state index contributed by atoms with van der Waals surface area (Å²) in [6.45, 7) is 3.37. The zero-order valence-electron chi connectivity index (χ0n) is 13.8. The number of anilines is 3. The maximum Gasteiger partial charge on any atom is 0.224 e. The lowest BCUT2D eigenvalue weighted by atomic mass is 10.2. The molecule has 0 aliphatic carbocycles. The molecule has 2 N–H and O–H groups in total. The molecule has 8 heteroatoms. The van der Waals surface area contributed by atoms with Gasteiger partial charge in [0, 0.05) is 18.3 Å². The fourth-order valence-corrected chi connectivity index (χ4v) is 2.07. The Labute approximate surface area is 138 Å². The first-order valence-electron chi connectivity index (χ1n) is 7.51. The summed E-state index contributed by atoms with van der Waals surface area (Å²) in [6.07, 6.45) is 0.908. The normalized spacial score (nSPS) is 11.0. The molecule has 130 valence electrons. The molecule has 24 heavy (non-hydrogen) atoms. The highest BCUT2D eigenvalue weighted by Gasteiger charge is 2.14. The number of rotatable bonds is 7. The molecule has 0 bridgehead atoms. The van der Waals surface area contributed by atoms with E-state index in [1.807, 2.05) is 14.1 Å². The van der Waals surface area contributed by atoms with Crippen molar-refractivity contribution in [3.63, 3.8) is 0 Å². The summed E-state index contributed by atoms with van der Waals surface area (Å²) in [5.41, 5.74) is 0.469. The summed E-state index contributed by atoms with van der Waals surface area (Å²) in [5, 5.41) is 5.73. The van der Waals surface area contributed by atoms with Gasteiger partial charge in [-0.05, 0) is 46.1 Å². The number of aromatic nitrogens is 2. The van der Waals surface area contributed by atoms with Crippen LogP contribution in [0.25, 0.3) is 0 Å². The van der Waals surface area contributed by atoms with E-state index in [0.29, 0.717) is 24.0 Å². The van der Waals surface area contributed by atoms with Crippen LogP contribution >= 0.6 is 0 Å². The molecule has 2 aromatic rings. The first-order valence-corrected chi connectivity index (χ1v) is 7.51. The van der Waals surface area contributed by atoms with Crippen LogP contribution in [0.3, 0.4) is 0 Å². The monoisotopic (exact) mass is 339 g/mol. The van der Waals surface area contributed by atoms with Gasteiger partial charge in [-0.25, -0.2) is 18.2 Å². The van der Waals surface area contributed by atoms with Gasteiger partial charge in [0.25, 0.3) is 0 Å². The van der Waals surface area contributed by atoms with Crippen LogP contribution < -0.4 is 10.6 Å².